The lowest BCUT2D eigenvalue weighted by Gasteiger charge is -2.33. The molecule has 6 atom stereocenters. The molecule has 2 aliphatic heterocycles. The third kappa shape index (κ3) is 14.1. The van der Waals surface area contributed by atoms with Crippen LogP contribution in [0, 0.1) is 0 Å². The number of unbranched alkanes of at least 4 members (excludes halogenated alkanes) is 3. The van der Waals surface area contributed by atoms with Gasteiger partial charge in [-0.05, 0) is 83.8 Å². The van der Waals surface area contributed by atoms with Gasteiger partial charge >= 0.3 is 5.97 Å². The van der Waals surface area contributed by atoms with Gasteiger partial charge in [-0.15, -0.1) is 0 Å². The lowest BCUT2D eigenvalue weighted by molar-refractivity contribution is -0.148. The van der Waals surface area contributed by atoms with E-state index in [0.29, 0.717) is 64.6 Å². The molecule has 0 radical (unpaired) electrons. The zero-order chi connectivity index (χ0) is 37.2. The van der Waals surface area contributed by atoms with Gasteiger partial charge in [0, 0.05) is 25.6 Å². The summed E-state index contributed by atoms with van der Waals surface area (Å²) in [5.74, 6) is -3.94. The van der Waals surface area contributed by atoms with Crippen LogP contribution in [0.5, 0.6) is 0 Å². The van der Waals surface area contributed by atoms with Gasteiger partial charge in [0.05, 0.1) is 12.1 Å². The number of amides is 5. The van der Waals surface area contributed by atoms with Crippen LogP contribution in [-0.4, -0.2) is 137 Å². The van der Waals surface area contributed by atoms with Crippen molar-refractivity contribution in [1.82, 2.24) is 31.1 Å². The first-order chi connectivity index (χ1) is 23.8. The van der Waals surface area contributed by atoms with Gasteiger partial charge in [0.25, 0.3) is 0 Å². The number of carbonyl (C=O) groups is 6. The van der Waals surface area contributed by atoms with Gasteiger partial charge in [-0.2, -0.15) is 0 Å². The van der Waals surface area contributed by atoms with Crippen LogP contribution in [-0.2, 0) is 28.8 Å². The van der Waals surface area contributed by atoms with Crippen LogP contribution in [0.25, 0.3) is 0 Å². The number of nitrogens with zero attached hydrogens (tertiary/aromatic N) is 2. The maximum atomic E-state index is 14.2. The minimum Gasteiger partial charge on any atom is -0.480 e. The zero-order valence-electron chi connectivity index (χ0n) is 29.7. The largest absolute Gasteiger partial charge is 0.480 e. The maximum Gasteiger partial charge on any atom is 0.322 e. The van der Waals surface area contributed by atoms with E-state index in [1.165, 1.54) is 9.80 Å². The van der Waals surface area contributed by atoms with Crippen LogP contribution in [0.15, 0.2) is 0 Å². The van der Waals surface area contributed by atoms with Crippen LogP contribution in [0.1, 0.15) is 90.9 Å². The molecular formula is C33H61N9O8. The fourth-order valence-electron chi connectivity index (χ4n) is 6.34. The highest BCUT2D eigenvalue weighted by molar-refractivity contribution is 5.96. The summed E-state index contributed by atoms with van der Waals surface area (Å²) in [4.78, 5) is 81.2. The molecule has 0 aliphatic carbocycles. The third-order valence-corrected chi connectivity index (χ3v) is 9.07. The Morgan fingerprint density at radius 2 is 1.44 bits per heavy atom. The number of hydrogen-bond acceptors (Lipinski definition) is 11. The number of carbonyl (C=O) groups excluding carboxylic acids is 5. The molecule has 0 unspecified atom stereocenters. The van der Waals surface area contributed by atoms with E-state index in [2.05, 4.69) is 21.3 Å². The Balaban J connectivity index is 2.25. The Morgan fingerprint density at radius 1 is 0.820 bits per heavy atom. The number of nitrogens with two attached hydrogens (primary N) is 3. The van der Waals surface area contributed by atoms with Crippen LogP contribution in [0.4, 0.5) is 0 Å². The molecule has 2 heterocycles. The van der Waals surface area contributed by atoms with Crippen LogP contribution < -0.4 is 38.5 Å². The quantitative estimate of drug-likeness (QED) is 0.0514. The first-order valence-corrected chi connectivity index (χ1v) is 18.1. The highest BCUT2D eigenvalue weighted by atomic mass is 16.4. The van der Waals surface area contributed by atoms with E-state index in [1.807, 2.05) is 13.8 Å². The first kappa shape index (κ1) is 42.8. The Hall–Kier alpha value is -3.38. The van der Waals surface area contributed by atoms with Crippen molar-refractivity contribution in [3.8, 4) is 0 Å². The summed E-state index contributed by atoms with van der Waals surface area (Å²) in [7, 11) is 0. The third-order valence-electron chi connectivity index (χ3n) is 9.07. The molecule has 0 saturated carbocycles. The summed E-state index contributed by atoms with van der Waals surface area (Å²) in [5.41, 5.74) is 17.3. The van der Waals surface area contributed by atoms with Gasteiger partial charge in [-0.1, -0.05) is 20.3 Å². The zero-order valence-corrected chi connectivity index (χ0v) is 29.7. The van der Waals surface area contributed by atoms with Gasteiger partial charge in [0.15, 0.2) is 0 Å². The standard InChI is InChI=1S/C33H61N9O8/c1-21(2)37-16-8-5-12-25(40-30(47)24(11-4-7-15-35)39-29(46)23(36)10-3-6-14-34)32(49)41-17-9-13-26(41)33(50)42-20-22(43)18-27(42)31(48)38-19-28(44)45/h21-27,37,43H,3-20,34-36H2,1-2H3,(H,38,48)(H,39,46)(H,40,47)(H,44,45)/t22-,23+,24+,25+,26+,27+/m1/s1. The van der Waals surface area contributed by atoms with E-state index in [9.17, 15) is 33.9 Å². The predicted molar refractivity (Wildman–Crippen MR) is 186 cm³/mol. The van der Waals surface area contributed by atoms with E-state index >= 15 is 0 Å². The molecule has 50 heavy (non-hydrogen) atoms. The second kappa shape index (κ2) is 22.4. The highest BCUT2D eigenvalue weighted by Crippen LogP contribution is 2.26. The van der Waals surface area contributed by atoms with E-state index in [0.717, 1.165) is 12.8 Å². The van der Waals surface area contributed by atoms with Gasteiger partial charge < -0.3 is 58.5 Å². The monoisotopic (exact) mass is 711 g/mol. The average Bonchev–Trinajstić information content (AvgIpc) is 3.72. The second-order valence-corrected chi connectivity index (χ2v) is 13.6. The average molecular weight is 712 g/mol. The van der Waals surface area contributed by atoms with Crippen molar-refractivity contribution in [3.63, 3.8) is 0 Å². The van der Waals surface area contributed by atoms with E-state index < -0.39 is 78.4 Å². The van der Waals surface area contributed by atoms with Crippen molar-refractivity contribution in [3.05, 3.63) is 0 Å². The van der Waals surface area contributed by atoms with Gasteiger partial charge in [0.1, 0.15) is 30.7 Å². The summed E-state index contributed by atoms with van der Waals surface area (Å²) in [6, 6.07) is -4.52. The van der Waals surface area contributed by atoms with Crippen molar-refractivity contribution in [2.75, 3.05) is 39.3 Å². The topological polar surface area (TPSA) is 276 Å². The Bertz CT molecular complexity index is 1130. The van der Waals surface area contributed by atoms with Crippen molar-refractivity contribution < 1.29 is 39.0 Å². The number of likely N-dealkylation sites (tertiary alicyclic amines) is 2. The molecule has 12 N–H and O–H groups in total. The van der Waals surface area contributed by atoms with Crippen molar-refractivity contribution in [1.29, 1.82) is 0 Å². The Morgan fingerprint density at radius 3 is 2.08 bits per heavy atom. The molecule has 17 nitrogen and oxygen atoms in total. The second-order valence-electron chi connectivity index (χ2n) is 13.6. The van der Waals surface area contributed by atoms with Crippen molar-refractivity contribution in [2.24, 2.45) is 17.2 Å². The highest BCUT2D eigenvalue weighted by Gasteiger charge is 2.45. The summed E-state index contributed by atoms with van der Waals surface area (Å²) < 4.78 is 0. The number of nitrogens with one attached hydrogen (secondary N) is 4. The summed E-state index contributed by atoms with van der Waals surface area (Å²) in [6.07, 6.45) is 4.64. The molecule has 286 valence electrons. The molecule has 5 amide bonds. The van der Waals surface area contributed by atoms with Gasteiger partial charge in [-0.3, -0.25) is 28.8 Å². The fraction of sp³-hybridized carbons (Fsp3) is 0.818. The molecule has 17 heteroatoms. The molecule has 0 bridgehead atoms. The van der Waals surface area contributed by atoms with Crippen molar-refractivity contribution >= 4 is 35.5 Å². The van der Waals surface area contributed by atoms with E-state index in [-0.39, 0.29) is 38.4 Å². The smallest absolute Gasteiger partial charge is 0.322 e. The Labute approximate surface area is 295 Å². The number of rotatable bonds is 23. The molecule has 0 aromatic carbocycles. The molecule has 0 aromatic heterocycles. The fourth-order valence-corrected chi connectivity index (χ4v) is 6.34. The number of aliphatic hydroxyl groups excluding tert-OH is 1. The number of aliphatic carboxylic acids is 1. The van der Waals surface area contributed by atoms with Crippen LogP contribution >= 0.6 is 0 Å². The molecule has 2 saturated heterocycles. The first-order valence-electron chi connectivity index (χ1n) is 18.1. The molecule has 2 rings (SSSR count). The maximum absolute atomic E-state index is 14.2. The van der Waals surface area contributed by atoms with E-state index in [1.54, 1.807) is 0 Å². The van der Waals surface area contributed by atoms with Crippen molar-refractivity contribution in [2.45, 2.75) is 133 Å². The normalized spacial score (nSPS) is 20.7. The number of carboxylic acids is 1. The lowest BCUT2D eigenvalue weighted by Crippen LogP contribution is -2.58. The molecule has 0 aromatic rings. The minimum atomic E-state index is -1.25. The number of carboxylic acid groups (broad SMARTS) is 1. The van der Waals surface area contributed by atoms with E-state index in [4.69, 9.17) is 22.3 Å². The summed E-state index contributed by atoms with van der Waals surface area (Å²) in [6.45, 7) is 5.13. The summed E-state index contributed by atoms with van der Waals surface area (Å²) >= 11 is 0. The van der Waals surface area contributed by atoms with Crippen LogP contribution in [0.2, 0.25) is 0 Å². The van der Waals surface area contributed by atoms with Gasteiger partial charge in [-0.25, -0.2) is 0 Å². The van der Waals surface area contributed by atoms with Gasteiger partial charge in [0.2, 0.25) is 29.5 Å². The Kier molecular flexibility index (Phi) is 19.2. The predicted octanol–water partition coefficient (Wildman–Crippen LogP) is -2.14. The molecule has 2 fully saturated rings. The summed E-state index contributed by atoms with van der Waals surface area (Å²) in [5, 5.41) is 30.5. The lowest BCUT2D eigenvalue weighted by atomic mass is 10.0. The number of hydrogen-bond donors (Lipinski definition) is 9. The molecule has 0 spiro atoms. The molecular weight excluding hydrogens is 650 g/mol. The molecule has 2 aliphatic rings. The SMILES string of the molecule is CC(C)NCCCC[C@H](NC(=O)[C@H](CCCCN)NC(=O)[C@@H](N)CCCCN)C(=O)N1CCC[C@H]1C(=O)N1C[C@H](O)C[C@H]1C(=O)NCC(=O)O. The van der Waals surface area contributed by atoms with Crippen LogP contribution in [0.3, 0.4) is 0 Å². The number of β-amino-alcohol motifs (C(OH)–C–C–N with tert-alkyl or cyclic N) is 1. The number of aliphatic hydroxyl groups is 1. The minimum absolute atomic E-state index is 0.0606.